The average molecular weight is 493 g/mol. The third-order valence-electron chi connectivity index (χ3n) is 4.88. The summed E-state index contributed by atoms with van der Waals surface area (Å²) in [6.45, 7) is 3.53. The molecule has 1 aromatic carbocycles. The van der Waals surface area contributed by atoms with Gasteiger partial charge in [-0.05, 0) is 72.7 Å². The van der Waals surface area contributed by atoms with E-state index in [1.165, 1.54) is 23.9 Å². The molecule has 0 saturated carbocycles. The van der Waals surface area contributed by atoms with Crippen LogP contribution in [0.15, 0.2) is 28.1 Å². The Morgan fingerprint density at radius 1 is 1.42 bits per heavy atom. The van der Waals surface area contributed by atoms with Crippen LogP contribution in [0.2, 0.25) is 0 Å². The molecule has 3 rings (SSSR count). The fourth-order valence-corrected chi connectivity index (χ4v) is 4.30. The van der Waals surface area contributed by atoms with E-state index in [1.807, 2.05) is 11.9 Å². The molecule has 0 aromatic heterocycles. The van der Waals surface area contributed by atoms with Gasteiger partial charge in [-0.3, -0.25) is 14.6 Å². The summed E-state index contributed by atoms with van der Waals surface area (Å²) in [5.74, 6) is -1.80. The van der Waals surface area contributed by atoms with Crippen molar-refractivity contribution >= 4 is 59.7 Å². The molecule has 1 amide bonds. The number of carboxylic acids is 1. The second-order valence-electron chi connectivity index (χ2n) is 7.41. The third-order valence-corrected chi connectivity index (χ3v) is 5.89. The predicted molar refractivity (Wildman–Crippen MR) is 126 cm³/mol. The van der Waals surface area contributed by atoms with Gasteiger partial charge in [-0.1, -0.05) is 13.0 Å². The summed E-state index contributed by atoms with van der Waals surface area (Å²) in [6.07, 6.45) is 4.60. The molecule has 1 unspecified atom stereocenters. The van der Waals surface area contributed by atoms with E-state index in [-0.39, 0.29) is 48.9 Å². The van der Waals surface area contributed by atoms with Crippen molar-refractivity contribution < 1.29 is 19.1 Å². The topological polar surface area (TPSA) is 108 Å². The second kappa shape index (κ2) is 12.4. The number of nitrogens with two attached hydrogens (primary N) is 1. The number of amides is 1. The highest BCUT2D eigenvalue weighted by molar-refractivity contribution is 8.18. The number of carbonyl (C=O) groups is 2. The number of nitrogens with one attached hydrogen (secondary N) is 1. The minimum atomic E-state index is -1.05. The number of halogens is 3. The van der Waals surface area contributed by atoms with Crippen molar-refractivity contribution in [2.24, 2.45) is 16.6 Å². The average Bonchev–Trinajstić information content (AvgIpc) is 3.05. The van der Waals surface area contributed by atoms with Gasteiger partial charge in [-0.25, -0.2) is 9.82 Å². The maximum absolute atomic E-state index is 13.8. The van der Waals surface area contributed by atoms with Crippen molar-refractivity contribution in [2.75, 3.05) is 13.1 Å². The SMILES string of the molecule is CC(Cc1cc(F)ccc1C=C1SC(N2CCCCN2)=NC1=O)C[C@H](N)C(=O)O.Cl.Cl. The van der Waals surface area contributed by atoms with E-state index in [9.17, 15) is 14.0 Å². The molecule has 2 aliphatic heterocycles. The number of hydrazine groups is 1. The van der Waals surface area contributed by atoms with E-state index in [0.717, 1.165) is 31.5 Å². The zero-order chi connectivity index (χ0) is 21.0. The lowest BCUT2D eigenvalue weighted by molar-refractivity contribution is -0.138. The summed E-state index contributed by atoms with van der Waals surface area (Å²) in [5, 5.41) is 11.5. The molecular weight excluding hydrogens is 466 g/mol. The summed E-state index contributed by atoms with van der Waals surface area (Å²) in [6, 6.07) is 3.45. The molecular formula is C20H27Cl2FN4O3S. The summed E-state index contributed by atoms with van der Waals surface area (Å²) in [4.78, 5) is 28.0. The van der Waals surface area contributed by atoms with E-state index in [2.05, 4.69) is 10.4 Å². The number of carbonyl (C=O) groups excluding carboxylic acids is 1. The van der Waals surface area contributed by atoms with E-state index in [1.54, 1.807) is 12.1 Å². The molecule has 0 spiro atoms. The minimum Gasteiger partial charge on any atom is -0.480 e. The van der Waals surface area contributed by atoms with Crippen LogP contribution in [0.5, 0.6) is 0 Å². The van der Waals surface area contributed by atoms with Gasteiger partial charge < -0.3 is 10.8 Å². The molecule has 1 saturated heterocycles. The Hall–Kier alpha value is -1.65. The zero-order valence-corrected chi connectivity index (χ0v) is 19.5. The van der Waals surface area contributed by atoms with Crippen LogP contribution in [-0.4, -0.2) is 46.3 Å². The van der Waals surface area contributed by atoms with Crippen molar-refractivity contribution in [3.05, 3.63) is 40.0 Å². The fourth-order valence-electron chi connectivity index (χ4n) is 3.39. The number of hydrogen-bond acceptors (Lipinski definition) is 6. The Labute approximate surface area is 197 Å². The first-order valence-corrected chi connectivity index (χ1v) is 10.5. The number of nitrogens with zero attached hydrogens (tertiary/aromatic N) is 2. The smallest absolute Gasteiger partial charge is 0.320 e. The maximum Gasteiger partial charge on any atom is 0.320 e. The van der Waals surface area contributed by atoms with Crippen molar-refractivity contribution in [1.82, 2.24) is 10.4 Å². The first-order valence-electron chi connectivity index (χ1n) is 9.64. The highest BCUT2D eigenvalue weighted by atomic mass is 35.5. The van der Waals surface area contributed by atoms with Crippen LogP contribution >= 0.6 is 36.6 Å². The van der Waals surface area contributed by atoms with Gasteiger partial charge in [0.25, 0.3) is 5.91 Å². The lowest BCUT2D eigenvalue weighted by Crippen LogP contribution is -2.45. The summed E-state index contributed by atoms with van der Waals surface area (Å²) in [7, 11) is 0. The zero-order valence-electron chi connectivity index (χ0n) is 17.0. The summed E-state index contributed by atoms with van der Waals surface area (Å²) >= 11 is 1.30. The van der Waals surface area contributed by atoms with Gasteiger partial charge in [0.15, 0.2) is 5.17 Å². The molecule has 1 fully saturated rings. The second-order valence-corrected chi connectivity index (χ2v) is 8.42. The van der Waals surface area contributed by atoms with Crippen LogP contribution in [0, 0.1) is 11.7 Å². The van der Waals surface area contributed by atoms with Crippen LogP contribution in [0.1, 0.15) is 37.3 Å². The first kappa shape index (κ1) is 27.4. The fraction of sp³-hybridized carbons (Fsp3) is 0.450. The van der Waals surface area contributed by atoms with Crippen molar-refractivity contribution in [3.8, 4) is 0 Å². The number of aliphatic imine (C=N–C) groups is 1. The van der Waals surface area contributed by atoms with Crippen LogP contribution in [0.4, 0.5) is 4.39 Å². The van der Waals surface area contributed by atoms with Crippen LogP contribution in [0.3, 0.4) is 0 Å². The molecule has 2 heterocycles. The highest BCUT2D eigenvalue weighted by Gasteiger charge is 2.27. The maximum atomic E-state index is 13.8. The Morgan fingerprint density at radius 3 is 2.81 bits per heavy atom. The molecule has 2 atom stereocenters. The third kappa shape index (κ3) is 7.47. The van der Waals surface area contributed by atoms with Crippen molar-refractivity contribution in [2.45, 2.75) is 38.6 Å². The number of amidine groups is 1. The Bertz CT molecular complexity index is 863. The Balaban J connectivity index is 0.00000240. The first-order chi connectivity index (χ1) is 13.8. The van der Waals surface area contributed by atoms with Gasteiger partial charge in [-0.2, -0.15) is 4.99 Å². The summed E-state index contributed by atoms with van der Waals surface area (Å²) < 4.78 is 13.8. The molecule has 7 nitrogen and oxygen atoms in total. The molecule has 0 bridgehead atoms. The van der Waals surface area contributed by atoms with Gasteiger partial charge in [0.1, 0.15) is 11.9 Å². The van der Waals surface area contributed by atoms with Gasteiger partial charge in [-0.15, -0.1) is 24.8 Å². The molecule has 31 heavy (non-hydrogen) atoms. The van der Waals surface area contributed by atoms with Gasteiger partial charge in [0, 0.05) is 13.1 Å². The number of benzene rings is 1. The van der Waals surface area contributed by atoms with Crippen molar-refractivity contribution in [3.63, 3.8) is 0 Å². The molecule has 2 aliphatic rings. The number of thioether (sulfide) groups is 1. The Kier molecular flexibility index (Phi) is 11.0. The largest absolute Gasteiger partial charge is 0.480 e. The molecule has 0 aliphatic carbocycles. The van der Waals surface area contributed by atoms with Crippen LogP contribution < -0.4 is 11.2 Å². The number of hydrogen-bond donors (Lipinski definition) is 3. The number of carboxylic acid groups (broad SMARTS) is 1. The van der Waals surface area contributed by atoms with Gasteiger partial charge in [0.2, 0.25) is 0 Å². The molecule has 1 aromatic rings. The van der Waals surface area contributed by atoms with E-state index >= 15 is 0 Å². The predicted octanol–water partition coefficient (Wildman–Crippen LogP) is 3.22. The molecule has 0 radical (unpaired) electrons. The number of aliphatic carboxylic acids is 1. The lowest BCUT2D eigenvalue weighted by atomic mass is 9.92. The van der Waals surface area contributed by atoms with Crippen LogP contribution in [-0.2, 0) is 16.0 Å². The molecule has 11 heteroatoms. The molecule has 172 valence electrons. The quantitative estimate of drug-likeness (QED) is 0.523. The van der Waals surface area contributed by atoms with E-state index < -0.39 is 12.0 Å². The van der Waals surface area contributed by atoms with Crippen molar-refractivity contribution in [1.29, 1.82) is 0 Å². The summed E-state index contributed by atoms with van der Waals surface area (Å²) in [5.41, 5.74) is 10.3. The van der Waals surface area contributed by atoms with E-state index in [4.69, 9.17) is 10.8 Å². The van der Waals surface area contributed by atoms with E-state index in [0.29, 0.717) is 22.1 Å². The Morgan fingerprint density at radius 2 is 2.16 bits per heavy atom. The standard InChI is InChI=1S/C20H25FN4O3S.2ClH/c1-12(9-16(22)19(27)28)8-14-10-15(21)5-4-13(14)11-17-18(26)24-20(29-17)25-7-3-2-6-23-25;;/h4-5,10-12,16,23H,2-3,6-9,22H2,1H3,(H,27,28);2*1H/t12?,16-;;/m0../s1. The normalized spacial score (nSPS) is 19.3. The van der Waals surface area contributed by atoms with Crippen LogP contribution in [0.25, 0.3) is 6.08 Å². The minimum absolute atomic E-state index is 0. The van der Waals surface area contributed by atoms with Gasteiger partial charge in [0.05, 0.1) is 4.91 Å². The van der Waals surface area contributed by atoms with Gasteiger partial charge >= 0.3 is 5.97 Å². The highest BCUT2D eigenvalue weighted by Crippen LogP contribution is 2.31. The lowest BCUT2D eigenvalue weighted by Gasteiger charge is -2.28. The monoisotopic (exact) mass is 492 g/mol. The molecule has 4 N–H and O–H groups in total. The number of rotatable bonds is 6.